The van der Waals surface area contributed by atoms with Gasteiger partial charge in [-0.2, -0.15) is 0 Å². The number of nitrogens with zero attached hydrogens (tertiary/aromatic N) is 1. The first-order valence-electron chi connectivity index (χ1n) is 7.85. The molecule has 0 bridgehead atoms. The largest absolute Gasteiger partial charge is 0.389 e. The minimum Gasteiger partial charge on any atom is -0.389 e. The highest BCUT2D eigenvalue weighted by atomic mass is 16.7. The van der Waals surface area contributed by atoms with E-state index in [4.69, 9.17) is 4.84 Å². The monoisotopic (exact) mass is 271 g/mol. The molecular formula is C18H25NO. The van der Waals surface area contributed by atoms with Crippen LogP contribution in [-0.4, -0.2) is 11.3 Å². The quantitative estimate of drug-likeness (QED) is 0.718. The van der Waals surface area contributed by atoms with Gasteiger partial charge in [0, 0.05) is 6.42 Å². The number of rotatable bonds is 1. The van der Waals surface area contributed by atoms with Crippen molar-refractivity contribution in [2.24, 2.45) is 5.16 Å². The molecule has 2 heteroatoms. The van der Waals surface area contributed by atoms with Crippen molar-refractivity contribution in [1.82, 2.24) is 0 Å². The molecule has 0 atom stereocenters. The van der Waals surface area contributed by atoms with Crippen LogP contribution in [0.1, 0.15) is 70.4 Å². The summed E-state index contributed by atoms with van der Waals surface area (Å²) in [5, 5.41) is 4.39. The molecular weight excluding hydrogens is 246 g/mol. The first kappa shape index (κ1) is 13.7. The zero-order valence-electron chi connectivity index (χ0n) is 12.9. The van der Waals surface area contributed by atoms with E-state index < -0.39 is 0 Å². The summed E-state index contributed by atoms with van der Waals surface area (Å²) < 4.78 is 0. The van der Waals surface area contributed by atoms with Gasteiger partial charge in [-0.15, -0.1) is 0 Å². The van der Waals surface area contributed by atoms with Crippen LogP contribution in [-0.2, 0) is 10.3 Å². The predicted molar refractivity (Wildman–Crippen MR) is 83.2 cm³/mol. The molecule has 1 spiro atoms. The van der Waals surface area contributed by atoms with Crippen LogP contribution in [0.2, 0.25) is 0 Å². The molecule has 0 saturated heterocycles. The smallest absolute Gasteiger partial charge is 0.143 e. The Morgan fingerprint density at radius 3 is 2.25 bits per heavy atom. The maximum absolute atomic E-state index is 5.83. The van der Waals surface area contributed by atoms with Crippen LogP contribution in [0.5, 0.6) is 0 Å². The molecule has 0 aromatic heterocycles. The number of hydrogen-bond donors (Lipinski definition) is 0. The molecule has 1 aliphatic heterocycles. The molecule has 20 heavy (non-hydrogen) atoms. The minimum atomic E-state index is 0.0241. The number of oxime groups is 1. The van der Waals surface area contributed by atoms with Gasteiger partial charge in [-0.25, -0.2) is 0 Å². The van der Waals surface area contributed by atoms with Crippen LogP contribution in [0.25, 0.3) is 0 Å². The van der Waals surface area contributed by atoms with E-state index in [9.17, 15) is 0 Å². The maximum Gasteiger partial charge on any atom is 0.143 e. The average Bonchev–Trinajstić information content (AvgIpc) is 2.83. The third-order valence-corrected chi connectivity index (χ3v) is 4.69. The molecule has 3 rings (SSSR count). The molecule has 0 N–H and O–H groups in total. The molecule has 0 radical (unpaired) electrons. The number of hydrogen-bond acceptors (Lipinski definition) is 2. The van der Waals surface area contributed by atoms with Crippen molar-refractivity contribution in [3.05, 3.63) is 35.4 Å². The molecule has 0 amide bonds. The summed E-state index contributed by atoms with van der Waals surface area (Å²) in [4.78, 5) is 5.83. The zero-order chi connectivity index (χ0) is 14.2. The summed E-state index contributed by atoms with van der Waals surface area (Å²) in [6.45, 7) is 6.74. The normalized spacial score (nSPS) is 21.6. The van der Waals surface area contributed by atoms with Crippen molar-refractivity contribution < 1.29 is 4.84 Å². The van der Waals surface area contributed by atoms with Gasteiger partial charge in [0.25, 0.3) is 0 Å². The van der Waals surface area contributed by atoms with Crippen molar-refractivity contribution in [2.75, 3.05) is 0 Å². The fourth-order valence-corrected chi connectivity index (χ4v) is 3.30. The Bertz CT molecular complexity index is 501. The van der Waals surface area contributed by atoms with Crippen LogP contribution in [0.4, 0.5) is 0 Å². The number of benzene rings is 1. The molecule has 1 fully saturated rings. The van der Waals surface area contributed by atoms with Crippen molar-refractivity contribution in [3.63, 3.8) is 0 Å². The van der Waals surface area contributed by atoms with E-state index in [1.807, 2.05) is 0 Å². The lowest BCUT2D eigenvalue weighted by Gasteiger charge is -2.30. The van der Waals surface area contributed by atoms with Gasteiger partial charge < -0.3 is 4.84 Å². The predicted octanol–water partition coefficient (Wildman–Crippen LogP) is 4.81. The SMILES string of the molecule is CC(C)(C)c1ccc(C2=NOC3(CCCCC3)C2)cc1. The molecule has 0 unspecified atom stereocenters. The van der Waals surface area contributed by atoms with E-state index >= 15 is 0 Å². The third-order valence-electron chi connectivity index (χ3n) is 4.69. The van der Waals surface area contributed by atoms with Crippen LogP contribution in [0, 0.1) is 0 Å². The van der Waals surface area contributed by atoms with Gasteiger partial charge in [0.1, 0.15) is 5.60 Å². The Labute approximate surface area is 122 Å². The Hall–Kier alpha value is -1.31. The fourth-order valence-electron chi connectivity index (χ4n) is 3.30. The summed E-state index contributed by atoms with van der Waals surface area (Å²) in [6, 6.07) is 8.85. The highest BCUT2D eigenvalue weighted by Gasteiger charge is 2.40. The lowest BCUT2D eigenvalue weighted by atomic mass is 9.80. The topological polar surface area (TPSA) is 21.6 Å². The summed E-state index contributed by atoms with van der Waals surface area (Å²) in [5.41, 5.74) is 3.95. The van der Waals surface area contributed by atoms with Crippen molar-refractivity contribution in [2.45, 2.75) is 70.3 Å². The average molecular weight is 271 g/mol. The standard InChI is InChI=1S/C18H25NO/c1-17(2,3)15-9-7-14(8-10-15)16-13-18(20-19-16)11-5-4-6-12-18/h7-10H,4-6,11-13H2,1-3H3. The van der Waals surface area contributed by atoms with E-state index in [0.29, 0.717) is 0 Å². The molecule has 1 aromatic rings. The first-order chi connectivity index (χ1) is 9.49. The van der Waals surface area contributed by atoms with E-state index in [0.717, 1.165) is 12.1 Å². The lowest BCUT2D eigenvalue weighted by Crippen LogP contribution is -2.31. The Morgan fingerprint density at radius 1 is 1.00 bits per heavy atom. The molecule has 108 valence electrons. The van der Waals surface area contributed by atoms with Gasteiger partial charge in [0.2, 0.25) is 0 Å². The lowest BCUT2D eigenvalue weighted by molar-refractivity contribution is -0.0449. The van der Waals surface area contributed by atoms with Crippen LogP contribution in [0.15, 0.2) is 29.4 Å². The Balaban J connectivity index is 1.74. The highest BCUT2D eigenvalue weighted by molar-refractivity contribution is 6.01. The van der Waals surface area contributed by atoms with Gasteiger partial charge in [-0.1, -0.05) is 56.6 Å². The van der Waals surface area contributed by atoms with Crippen LogP contribution < -0.4 is 0 Å². The summed E-state index contributed by atoms with van der Waals surface area (Å²) in [5.74, 6) is 0. The molecule has 2 aliphatic rings. The third kappa shape index (κ3) is 2.61. The van der Waals surface area contributed by atoms with E-state index in [2.05, 4.69) is 50.2 Å². The van der Waals surface area contributed by atoms with Crippen molar-refractivity contribution in [3.8, 4) is 0 Å². The van der Waals surface area contributed by atoms with E-state index in [1.54, 1.807) is 0 Å². The maximum atomic E-state index is 5.83. The Kier molecular flexibility index (Phi) is 3.35. The fraction of sp³-hybridized carbons (Fsp3) is 0.611. The van der Waals surface area contributed by atoms with Crippen LogP contribution in [0.3, 0.4) is 0 Å². The van der Waals surface area contributed by atoms with Gasteiger partial charge in [-0.05, 0) is 42.2 Å². The van der Waals surface area contributed by atoms with Gasteiger partial charge in [0.15, 0.2) is 0 Å². The Morgan fingerprint density at radius 2 is 1.65 bits per heavy atom. The second kappa shape index (κ2) is 4.91. The highest BCUT2D eigenvalue weighted by Crippen LogP contribution is 2.39. The first-order valence-corrected chi connectivity index (χ1v) is 7.85. The van der Waals surface area contributed by atoms with E-state index in [-0.39, 0.29) is 11.0 Å². The minimum absolute atomic E-state index is 0.0241. The second-order valence-electron chi connectivity index (χ2n) is 7.38. The second-order valence-corrected chi connectivity index (χ2v) is 7.38. The zero-order valence-corrected chi connectivity index (χ0v) is 12.9. The molecule has 1 aliphatic carbocycles. The van der Waals surface area contributed by atoms with Crippen molar-refractivity contribution in [1.29, 1.82) is 0 Å². The molecule has 1 saturated carbocycles. The molecule has 2 nitrogen and oxygen atoms in total. The van der Waals surface area contributed by atoms with Gasteiger partial charge in [-0.3, -0.25) is 0 Å². The summed E-state index contributed by atoms with van der Waals surface area (Å²) in [7, 11) is 0. The van der Waals surface area contributed by atoms with Crippen LogP contribution >= 0.6 is 0 Å². The van der Waals surface area contributed by atoms with Gasteiger partial charge >= 0.3 is 0 Å². The van der Waals surface area contributed by atoms with Gasteiger partial charge in [0.05, 0.1) is 5.71 Å². The summed E-state index contributed by atoms with van der Waals surface area (Å²) in [6.07, 6.45) is 7.24. The van der Waals surface area contributed by atoms with E-state index in [1.165, 1.54) is 43.2 Å². The molecule has 1 aromatic carbocycles. The van der Waals surface area contributed by atoms with Crippen molar-refractivity contribution >= 4 is 5.71 Å². The summed E-state index contributed by atoms with van der Waals surface area (Å²) >= 11 is 0. The molecule has 1 heterocycles.